The molecule has 296 valence electrons. The molecule has 3 nitrogen and oxygen atoms in total. The van der Waals surface area contributed by atoms with Crippen LogP contribution in [-0.2, 0) is 9.47 Å². The standard InChI is InChI=1S/C50H79NO2/c1-5-8-10-12-14-16-18-20-22-24-26-28-30-32-34-36-38-40-42-44-46-52-49-50(48-51(4)7-3)53-47-45-43-41-39-37-35-33-31-29-27-25-23-21-19-17-15-13-11-9-6-2/h8-11,14-17,20-23,26-29,32-35,38-41,50H,5-7,12-13,18-19,24-25,30-31,36-37,42-49H2,1-4H3/b10-8-,11-9-,16-14-,17-15-,22-20-,23-21-,28-26-,29-27-,34-32-,35-33-,40-38-,41-39-. The quantitative estimate of drug-likeness (QED) is 0.0474. The second kappa shape index (κ2) is 44.9. The lowest BCUT2D eigenvalue weighted by Crippen LogP contribution is -2.34. The molecule has 0 spiro atoms. The Hall–Kier alpha value is -3.24. The molecule has 0 aliphatic heterocycles. The molecule has 0 fully saturated rings. The van der Waals surface area contributed by atoms with E-state index in [0.717, 1.165) is 129 Å². The lowest BCUT2D eigenvalue weighted by molar-refractivity contribution is -0.0298. The summed E-state index contributed by atoms with van der Waals surface area (Å²) in [6.45, 7) is 10.7. The van der Waals surface area contributed by atoms with Gasteiger partial charge in [0.2, 0.25) is 0 Å². The molecule has 0 radical (unpaired) electrons. The first kappa shape index (κ1) is 49.8. The molecule has 0 aliphatic rings. The number of hydrogen-bond acceptors (Lipinski definition) is 3. The predicted molar refractivity (Wildman–Crippen MR) is 239 cm³/mol. The van der Waals surface area contributed by atoms with Gasteiger partial charge in [-0.15, -0.1) is 0 Å². The van der Waals surface area contributed by atoms with Crippen LogP contribution >= 0.6 is 0 Å². The summed E-state index contributed by atoms with van der Waals surface area (Å²) >= 11 is 0. The Labute approximate surface area is 328 Å². The summed E-state index contributed by atoms with van der Waals surface area (Å²) in [7, 11) is 2.15. The molecular formula is C50H79NO2. The number of allylic oxidation sites excluding steroid dienone is 24. The number of likely N-dealkylation sites (N-methyl/N-ethyl adjacent to an activating group) is 1. The van der Waals surface area contributed by atoms with Crippen molar-refractivity contribution in [2.45, 2.75) is 130 Å². The zero-order valence-corrected chi connectivity index (χ0v) is 34.5. The van der Waals surface area contributed by atoms with E-state index in [9.17, 15) is 0 Å². The summed E-state index contributed by atoms with van der Waals surface area (Å²) in [5, 5.41) is 0. The molecule has 0 aliphatic carbocycles. The average Bonchev–Trinajstić information content (AvgIpc) is 3.17. The van der Waals surface area contributed by atoms with Crippen LogP contribution < -0.4 is 0 Å². The Kier molecular flexibility index (Phi) is 42.2. The highest BCUT2D eigenvalue weighted by atomic mass is 16.5. The van der Waals surface area contributed by atoms with Crippen molar-refractivity contribution in [1.29, 1.82) is 0 Å². The van der Waals surface area contributed by atoms with E-state index in [1.54, 1.807) is 0 Å². The minimum atomic E-state index is 0.121. The molecule has 0 heterocycles. The number of nitrogens with zero attached hydrogens (tertiary/aromatic N) is 1. The number of rotatable bonds is 36. The summed E-state index contributed by atoms with van der Waals surface area (Å²) in [6, 6.07) is 0. The van der Waals surface area contributed by atoms with E-state index in [-0.39, 0.29) is 6.10 Å². The summed E-state index contributed by atoms with van der Waals surface area (Å²) in [6.07, 6.45) is 70.5. The van der Waals surface area contributed by atoms with Crippen molar-refractivity contribution in [3.8, 4) is 0 Å². The van der Waals surface area contributed by atoms with Gasteiger partial charge in [0.05, 0.1) is 12.7 Å². The molecule has 1 unspecified atom stereocenters. The maximum Gasteiger partial charge on any atom is 0.0934 e. The topological polar surface area (TPSA) is 21.7 Å². The van der Waals surface area contributed by atoms with E-state index in [1.165, 1.54) is 0 Å². The van der Waals surface area contributed by atoms with Gasteiger partial charge in [0.1, 0.15) is 0 Å². The highest BCUT2D eigenvalue weighted by molar-refractivity contribution is 5.03. The number of unbranched alkanes of at least 4 members (excludes halogenated alkanes) is 2. The molecule has 0 aromatic carbocycles. The summed E-state index contributed by atoms with van der Waals surface area (Å²) < 4.78 is 12.3. The molecule has 0 saturated heterocycles. The minimum absolute atomic E-state index is 0.121. The molecule has 0 saturated carbocycles. The Balaban J connectivity index is 3.91. The minimum Gasteiger partial charge on any atom is -0.379 e. The highest BCUT2D eigenvalue weighted by Crippen LogP contribution is 2.04. The average molecular weight is 726 g/mol. The Morgan fingerprint density at radius 3 is 1.02 bits per heavy atom. The van der Waals surface area contributed by atoms with Gasteiger partial charge in [0.15, 0.2) is 0 Å². The van der Waals surface area contributed by atoms with E-state index >= 15 is 0 Å². The Morgan fingerprint density at radius 2 is 0.698 bits per heavy atom. The van der Waals surface area contributed by atoms with Crippen molar-refractivity contribution < 1.29 is 9.47 Å². The van der Waals surface area contributed by atoms with E-state index in [4.69, 9.17) is 9.47 Å². The molecule has 53 heavy (non-hydrogen) atoms. The van der Waals surface area contributed by atoms with E-state index in [2.05, 4.69) is 179 Å². The molecule has 0 N–H and O–H groups in total. The largest absolute Gasteiger partial charge is 0.379 e. The van der Waals surface area contributed by atoms with Gasteiger partial charge in [0, 0.05) is 19.8 Å². The molecule has 0 aromatic heterocycles. The summed E-state index contributed by atoms with van der Waals surface area (Å²) in [5.41, 5.74) is 0. The third kappa shape index (κ3) is 43.1. The number of hydrogen-bond donors (Lipinski definition) is 0. The highest BCUT2D eigenvalue weighted by Gasteiger charge is 2.11. The fourth-order valence-electron chi connectivity index (χ4n) is 4.88. The van der Waals surface area contributed by atoms with Crippen molar-refractivity contribution >= 4 is 0 Å². The van der Waals surface area contributed by atoms with Crippen LogP contribution in [0.4, 0.5) is 0 Å². The summed E-state index contributed by atoms with van der Waals surface area (Å²) in [5.74, 6) is 0. The second-order valence-corrected chi connectivity index (χ2v) is 13.0. The third-order valence-corrected chi connectivity index (χ3v) is 8.08. The van der Waals surface area contributed by atoms with Gasteiger partial charge in [-0.2, -0.15) is 0 Å². The molecule has 0 bridgehead atoms. The van der Waals surface area contributed by atoms with Crippen molar-refractivity contribution in [3.05, 3.63) is 146 Å². The Bertz CT molecular complexity index is 1120. The predicted octanol–water partition coefficient (Wildman–Crippen LogP) is 14.3. The SMILES string of the molecule is CC/C=C\C/C=C\C/C=C\C/C=C\C/C=C\C/C=C\CCCOCC(CN(C)CC)OCCC/C=C\C/C=C\C/C=C\C/C=C\C/C=C\C/C=C\CC. The first-order valence-electron chi connectivity index (χ1n) is 20.9. The van der Waals surface area contributed by atoms with Crippen LogP contribution in [-0.4, -0.2) is 51.0 Å². The van der Waals surface area contributed by atoms with Crippen molar-refractivity contribution in [2.75, 3.05) is 40.0 Å². The third-order valence-electron chi connectivity index (χ3n) is 8.08. The van der Waals surface area contributed by atoms with Crippen LogP contribution in [0.2, 0.25) is 0 Å². The normalized spacial score (nSPS) is 14.2. The fraction of sp³-hybridized carbons (Fsp3) is 0.520. The van der Waals surface area contributed by atoms with Crippen LogP contribution in [0, 0.1) is 0 Å². The van der Waals surface area contributed by atoms with E-state index < -0.39 is 0 Å². The number of ether oxygens (including phenoxy) is 2. The van der Waals surface area contributed by atoms with Crippen molar-refractivity contribution in [1.82, 2.24) is 4.90 Å². The zero-order valence-electron chi connectivity index (χ0n) is 34.5. The van der Waals surface area contributed by atoms with Gasteiger partial charge >= 0.3 is 0 Å². The van der Waals surface area contributed by atoms with Gasteiger partial charge in [-0.1, -0.05) is 167 Å². The van der Waals surface area contributed by atoms with Gasteiger partial charge in [-0.05, 0) is 116 Å². The molecule has 0 amide bonds. The first-order chi connectivity index (χ1) is 26.2. The maximum atomic E-state index is 6.23. The zero-order chi connectivity index (χ0) is 38.4. The maximum absolute atomic E-state index is 6.23. The van der Waals surface area contributed by atoms with Crippen LogP contribution in [0.25, 0.3) is 0 Å². The molecule has 3 heteroatoms. The van der Waals surface area contributed by atoms with Gasteiger partial charge in [-0.3, -0.25) is 0 Å². The van der Waals surface area contributed by atoms with Crippen molar-refractivity contribution in [3.63, 3.8) is 0 Å². The van der Waals surface area contributed by atoms with Crippen molar-refractivity contribution in [2.24, 2.45) is 0 Å². The van der Waals surface area contributed by atoms with Crippen LogP contribution in [0.3, 0.4) is 0 Å². The molecule has 0 aromatic rings. The second-order valence-electron chi connectivity index (χ2n) is 13.0. The lowest BCUT2D eigenvalue weighted by Gasteiger charge is -2.23. The van der Waals surface area contributed by atoms with Gasteiger partial charge in [0.25, 0.3) is 0 Å². The van der Waals surface area contributed by atoms with Gasteiger partial charge < -0.3 is 14.4 Å². The smallest absolute Gasteiger partial charge is 0.0934 e. The monoisotopic (exact) mass is 726 g/mol. The van der Waals surface area contributed by atoms with Crippen LogP contribution in [0.5, 0.6) is 0 Å². The first-order valence-corrected chi connectivity index (χ1v) is 20.9. The Morgan fingerprint density at radius 1 is 0.396 bits per heavy atom. The van der Waals surface area contributed by atoms with E-state index in [0.29, 0.717) is 6.61 Å². The molecular weight excluding hydrogens is 647 g/mol. The van der Waals surface area contributed by atoms with Gasteiger partial charge in [-0.25, -0.2) is 0 Å². The van der Waals surface area contributed by atoms with E-state index in [1.807, 2.05) is 0 Å². The fourth-order valence-corrected chi connectivity index (χ4v) is 4.88. The lowest BCUT2D eigenvalue weighted by atomic mass is 10.2. The van der Waals surface area contributed by atoms with Crippen LogP contribution in [0.1, 0.15) is 124 Å². The molecule has 1 atom stereocenters. The summed E-state index contributed by atoms with van der Waals surface area (Å²) in [4.78, 5) is 2.30. The van der Waals surface area contributed by atoms with Crippen LogP contribution in [0.15, 0.2) is 146 Å². The molecule has 0 rings (SSSR count).